The third-order valence-electron chi connectivity index (χ3n) is 5.23. The molecule has 0 radical (unpaired) electrons. The topological polar surface area (TPSA) is 52.6 Å². The molecule has 32 heavy (non-hydrogen) atoms. The van der Waals surface area contributed by atoms with Gasteiger partial charge in [0.1, 0.15) is 11.5 Å². The number of methoxy groups -OCH3 is 2. The van der Waals surface area contributed by atoms with E-state index >= 15 is 0 Å². The number of rotatable bonds is 6. The fraction of sp³-hybridized carbons (Fsp3) is 0.0769. The van der Waals surface area contributed by atoms with Gasteiger partial charge < -0.3 is 9.47 Å². The maximum absolute atomic E-state index is 13.4. The van der Waals surface area contributed by atoms with Gasteiger partial charge in [0.15, 0.2) is 11.6 Å². The second kappa shape index (κ2) is 9.03. The molecule has 0 amide bonds. The van der Waals surface area contributed by atoms with E-state index in [0.29, 0.717) is 54.6 Å². The summed E-state index contributed by atoms with van der Waals surface area (Å²) in [7, 11) is 3.04. The summed E-state index contributed by atoms with van der Waals surface area (Å²) in [5.74, 6) is 0.486. The molecule has 0 aliphatic carbocycles. The van der Waals surface area contributed by atoms with Crippen LogP contribution in [0.1, 0.15) is 31.8 Å². The molecule has 0 heterocycles. The van der Waals surface area contributed by atoms with Gasteiger partial charge in [-0.25, -0.2) is 0 Å². The van der Waals surface area contributed by atoms with E-state index in [1.54, 1.807) is 72.8 Å². The van der Waals surface area contributed by atoms with Crippen LogP contribution >= 0.6 is 23.2 Å². The summed E-state index contributed by atoms with van der Waals surface area (Å²) in [5, 5.41) is 2.09. The van der Waals surface area contributed by atoms with E-state index in [0.717, 1.165) is 0 Å². The van der Waals surface area contributed by atoms with Crippen LogP contribution in [0.15, 0.2) is 72.8 Å². The number of hydrogen-bond donors (Lipinski definition) is 0. The van der Waals surface area contributed by atoms with Crippen LogP contribution in [0, 0.1) is 0 Å². The molecule has 0 fully saturated rings. The molecule has 0 atom stereocenters. The second-order valence-corrected chi connectivity index (χ2v) is 7.93. The molecular formula is C26H18Cl2O4. The van der Waals surface area contributed by atoms with Crippen molar-refractivity contribution in [3.05, 3.63) is 105 Å². The van der Waals surface area contributed by atoms with E-state index < -0.39 is 0 Å². The normalized spacial score (nSPS) is 10.8. The summed E-state index contributed by atoms with van der Waals surface area (Å²) in [6.45, 7) is 0. The zero-order chi connectivity index (χ0) is 22.8. The highest BCUT2D eigenvalue weighted by Gasteiger charge is 2.23. The zero-order valence-corrected chi connectivity index (χ0v) is 18.8. The number of carbonyl (C=O) groups excluding carboxylic acids is 2. The van der Waals surface area contributed by atoms with Gasteiger partial charge in [0.05, 0.1) is 14.2 Å². The number of carbonyl (C=O) groups is 2. The molecule has 0 aliphatic rings. The van der Waals surface area contributed by atoms with E-state index in [-0.39, 0.29) is 11.6 Å². The zero-order valence-electron chi connectivity index (χ0n) is 17.3. The van der Waals surface area contributed by atoms with Crippen LogP contribution in [0.3, 0.4) is 0 Å². The average molecular weight is 465 g/mol. The van der Waals surface area contributed by atoms with Crippen molar-refractivity contribution >= 4 is 45.5 Å². The lowest BCUT2D eigenvalue weighted by Gasteiger charge is -2.16. The number of ether oxygens (including phenoxy) is 2. The predicted octanol–water partition coefficient (Wildman–Crippen LogP) is 6.63. The maximum atomic E-state index is 13.4. The molecule has 160 valence electrons. The van der Waals surface area contributed by atoms with Crippen molar-refractivity contribution in [1.82, 2.24) is 0 Å². The molecule has 4 aromatic carbocycles. The SMILES string of the molecule is COc1ccc(C(=O)c2ccc(Cl)cc2)c2c(OC)ccc(C(=O)c3ccc(Cl)cc3)c12. The van der Waals surface area contributed by atoms with Crippen LogP contribution in [0.25, 0.3) is 10.8 Å². The van der Waals surface area contributed by atoms with Crippen LogP contribution in [0.4, 0.5) is 0 Å². The van der Waals surface area contributed by atoms with Crippen molar-refractivity contribution in [3.63, 3.8) is 0 Å². The quantitative estimate of drug-likeness (QED) is 0.300. The predicted molar refractivity (Wildman–Crippen MR) is 127 cm³/mol. The van der Waals surface area contributed by atoms with Crippen molar-refractivity contribution in [2.75, 3.05) is 14.2 Å². The average Bonchev–Trinajstić information content (AvgIpc) is 2.82. The first-order valence-corrected chi connectivity index (χ1v) is 10.5. The number of benzene rings is 4. The van der Waals surface area contributed by atoms with Gasteiger partial charge in [0.2, 0.25) is 0 Å². The van der Waals surface area contributed by atoms with E-state index in [9.17, 15) is 9.59 Å². The van der Waals surface area contributed by atoms with E-state index in [2.05, 4.69) is 0 Å². The monoisotopic (exact) mass is 464 g/mol. The van der Waals surface area contributed by atoms with Gasteiger partial charge >= 0.3 is 0 Å². The fourth-order valence-electron chi connectivity index (χ4n) is 3.66. The van der Waals surface area contributed by atoms with Gasteiger partial charge in [0.25, 0.3) is 0 Å². The number of fused-ring (bicyclic) bond motifs is 1. The van der Waals surface area contributed by atoms with Crippen LogP contribution in [-0.2, 0) is 0 Å². The van der Waals surface area contributed by atoms with Crippen LogP contribution in [0.5, 0.6) is 11.5 Å². The third-order valence-corrected chi connectivity index (χ3v) is 5.73. The standard InChI is InChI=1S/C26H18Cl2O4/c1-31-21-13-11-20(26(30)16-5-9-18(28)10-6-16)24-22(32-2)14-12-19(23(21)24)25(29)15-3-7-17(27)8-4-15/h3-14H,1-2H3. The minimum absolute atomic E-state index is 0.219. The lowest BCUT2D eigenvalue weighted by atomic mass is 9.91. The van der Waals surface area contributed by atoms with E-state index in [1.165, 1.54) is 14.2 Å². The lowest BCUT2D eigenvalue weighted by Crippen LogP contribution is -2.08. The summed E-state index contributed by atoms with van der Waals surface area (Å²) in [4.78, 5) is 26.8. The Morgan fingerprint density at radius 3 is 1.22 bits per heavy atom. The fourth-order valence-corrected chi connectivity index (χ4v) is 3.92. The molecule has 0 saturated carbocycles. The summed E-state index contributed by atoms with van der Waals surface area (Å²) in [6, 6.07) is 20.0. The summed E-state index contributed by atoms with van der Waals surface area (Å²) >= 11 is 11.9. The largest absolute Gasteiger partial charge is 0.496 e. The van der Waals surface area contributed by atoms with E-state index in [1.807, 2.05) is 0 Å². The number of ketones is 2. The Morgan fingerprint density at radius 2 is 0.906 bits per heavy atom. The molecule has 0 unspecified atom stereocenters. The smallest absolute Gasteiger partial charge is 0.193 e. The van der Waals surface area contributed by atoms with Gasteiger partial charge in [-0.15, -0.1) is 0 Å². The Bertz CT molecular complexity index is 1220. The summed E-state index contributed by atoms with van der Waals surface area (Å²) < 4.78 is 11.1. The Hall–Kier alpha value is -3.34. The molecule has 4 nitrogen and oxygen atoms in total. The molecule has 0 spiro atoms. The van der Waals surface area contributed by atoms with Gasteiger partial charge in [-0.05, 0) is 72.8 Å². The van der Waals surface area contributed by atoms with Gasteiger partial charge in [-0.1, -0.05) is 23.2 Å². The van der Waals surface area contributed by atoms with Crippen LogP contribution < -0.4 is 9.47 Å². The Balaban J connectivity index is 1.99. The first-order chi connectivity index (χ1) is 15.4. The van der Waals surface area contributed by atoms with Crippen molar-refractivity contribution in [2.45, 2.75) is 0 Å². The van der Waals surface area contributed by atoms with Gasteiger partial charge in [-0.2, -0.15) is 0 Å². The number of halogens is 2. The Morgan fingerprint density at radius 1 is 0.562 bits per heavy atom. The summed E-state index contributed by atoms with van der Waals surface area (Å²) in [6.07, 6.45) is 0. The molecule has 4 rings (SSSR count). The molecule has 6 heteroatoms. The minimum atomic E-state index is -0.219. The van der Waals surface area contributed by atoms with Crippen LogP contribution in [0.2, 0.25) is 10.0 Å². The third kappa shape index (κ3) is 3.95. The molecule has 0 N–H and O–H groups in total. The van der Waals surface area contributed by atoms with Gasteiger partial charge in [-0.3, -0.25) is 9.59 Å². The van der Waals surface area contributed by atoms with Crippen molar-refractivity contribution in [2.24, 2.45) is 0 Å². The molecule has 0 saturated heterocycles. The van der Waals surface area contributed by atoms with E-state index in [4.69, 9.17) is 32.7 Å². The Kier molecular flexibility index (Phi) is 6.17. The molecule has 0 aliphatic heterocycles. The Labute approximate surface area is 195 Å². The van der Waals surface area contributed by atoms with Crippen molar-refractivity contribution in [1.29, 1.82) is 0 Å². The number of hydrogen-bond acceptors (Lipinski definition) is 4. The first-order valence-electron chi connectivity index (χ1n) is 9.73. The van der Waals surface area contributed by atoms with Gasteiger partial charge in [0, 0.05) is 43.1 Å². The molecular weight excluding hydrogens is 447 g/mol. The molecule has 0 aromatic heterocycles. The van der Waals surface area contributed by atoms with Crippen molar-refractivity contribution < 1.29 is 19.1 Å². The highest BCUT2D eigenvalue weighted by Crippen LogP contribution is 2.39. The lowest BCUT2D eigenvalue weighted by molar-refractivity contribution is 0.103. The maximum Gasteiger partial charge on any atom is 0.193 e. The summed E-state index contributed by atoms with van der Waals surface area (Å²) in [5.41, 5.74) is 1.73. The van der Waals surface area contributed by atoms with Crippen molar-refractivity contribution in [3.8, 4) is 11.5 Å². The second-order valence-electron chi connectivity index (χ2n) is 7.05. The van der Waals surface area contributed by atoms with Crippen LogP contribution in [-0.4, -0.2) is 25.8 Å². The molecule has 0 bridgehead atoms. The highest BCUT2D eigenvalue weighted by atomic mass is 35.5. The molecule has 4 aromatic rings. The minimum Gasteiger partial charge on any atom is -0.496 e. The highest BCUT2D eigenvalue weighted by molar-refractivity contribution is 6.31. The first kappa shape index (κ1) is 21.9.